The Morgan fingerprint density at radius 1 is 0.929 bits per heavy atom. The highest BCUT2D eigenvalue weighted by Gasteiger charge is 2.27. The third kappa shape index (κ3) is 9.48. The highest BCUT2D eigenvalue weighted by molar-refractivity contribution is 5.74. The molecule has 8 nitrogen and oxygen atoms in total. The zero-order chi connectivity index (χ0) is 29.6. The van der Waals surface area contributed by atoms with E-state index in [4.69, 9.17) is 29.4 Å². The molecule has 1 aliphatic heterocycles. The van der Waals surface area contributed by atoms with Crippen molar-refractivity contribution in [2.24, 2.45) is 5.73 Å². The van der Waals surface area contributed by atoms with Crippen molar-refractivity contribution in [3.63, 3.8) is 0 Å². The molecule has 1 amide bonds. The highest BCUT2D eigenvalue weighted by atomic mass is 16.5. The fraction of sp³-hybridized carbons (Fsp3) is 0.441. The van der Waals surface area contributed by atoms with Crippen LogP contribution in [0.15, 0.2) is 72.8 Å². The van der Waals surface area contributed by atoms with Crippen molar-refractivity contribution >= 4 is 5.91 Å². The SMILES string of the molecule is COc1ccccc1COCCCOc1ccc(C2CCNCC2OCCOc2ccccc2C(C)CC(N)=O)cc1. The molecule has 0 saturated carbocycles. The summed E-state index contributed by atoms with van der Waals surface area (Å²) < 4.78 is 29.5. The van der Waals surface area contributed by atoms with E-state index in [1.54, 1.807) is 7.11 Å². The lowest BCUT2D eigenvalue weighted by atomic mass is 9.88. The fourth-order valence-electron chi connectivity index (χ4n) is 5.33. The molecule has 0 spiro atoms. The van der Waals surface area contributed by atoms with Gasteiger partial charge in [-0.15, -0.1) is 0 Å². The minimum atomic E-state index is -0.318. The van der Waals surface area contributed by atoms with Crippen molar-refractivity contribution in [1.82, 2.24) is 5.32 Å². The first-order valence-corrected chi connectivity index (χ1v) is 14.8. The largest absolute Gasteiger partial charge is 0.496 e. The number of nitrogens with two attached hydrogens (primary N) is 1. The molecule has 8 heteroatoms. The number of carbonyl (C=O) groups excluding carboxylic acids is 1. The molecule has 3 aromatic carbocycles. The summed E-state index contributed by atoms with van der Waals surface area (Å²) in [5, 5.41) is 3.46. The second-order valence-corrected chi connectivity index (χ2v) is 10.6. The van der Waals surface area contributed by atoms with Gasteiger partial charge < -0.3 is 34.7 Å². The van der Waals surface area contributed by atoms with Gasteiger partial charge in [-0.2, -0.15) is 0 Å². The van der Waals surface area contributed by atoms with Crippen LogP contribution in [0.4, 0.5) is 0 Å². The van der Waals surface area contributed by atoms with Gasteiger partial charge in [0.15, 0.2) is 0 Å². The van der Waals surface area contributed by atoms with Crippen LogP contribution in [0.3, 0.4) is 0 Å². The maximum absolute atomic E-state index is 11.4. The van der Waals surface area contributed by atoms with Crippen LogP contribution in [-0.4, -0.2) is 58.6 Å². The van der Waals surface area contributed by atoms with Gasteiger partial charge in [0.1, 0.15) is 23.9 Å². The Hall–Kier alpha value is -3.59. The summed E-state index contributed by atoms with van der Waals surface area (Å²) in [6, 6.07) is 24.1. The average Bonchev–Trinajstić information content (AvgIpc) is 3.01. The van der Waals surface area contributed by atoms with E-state index >= 15 is 0 Å². The molecular weight excluding hydrogens is 532 g/mol. The maximum atomic E-state index is 11.4. The Morgan fingerprint density at radius 2 is 1.69 bits per heavy atom. The van der Waals surface area contributed by atoms with Crippen LogP contribution in [-0.2, 0) is 20.9 Å². The number of amides is 1. The van der Waals surface area contributed by atoms with Crippen LogP contribution >= 0.6 is 0 Å². The number of hydrogen-bond acceptors (Lipinski definition) is 7. The van der Waals surface area contributed by atoms with E-state index in [1.165, 1.54) is 5.56 Å². The molecule has 1 fully saturated rings. The Labute approximate surface area is 249 Å². The topological polar surface area (TPSA) is 101 Å². The van der Waals surface area contributed by atoms with Gasteiger partial charge >= 0.3 is 0 Å². The van der Waals surface area contributed by atoms with Crippen molar-refractivity contribution in [2.75, 3.05) is 46.6 Å². The number of para-hydroxylation sites is 2. The Bertz CT molecular complexity index is 1230. The molecule has 0 bridgehead atoms. The highest BCUT2D eigenvalue weighted by Crippen LogP contribution is 2.30. The maximum Gasteiger partial charge on any atom is 0.218 e. The number of rotatable bonds is 17. The van der Waals surface area contributed by atoms with Crippen LogP contribution in [0.5, 0.6) is 17.2 Å². The number of piperidine rings is 1. The van der Waals surface area contributed by atoms with Crippen LogP contribution in [0, 0.1) is 0 Å². The molecule has 3 atom stereocenters. The third-order valence-corrected chi connectivity index (χ3v) is 7.52. The zero-order valence-corrected chi connectivity index (χ0v) is 24.8. The normalized spacial score (nSPS) is 17.4. The number of nitrogens with one attached hydrogen (secondary N) is 1. The predicted octanol–water partition coefficient (Wildman–Crippen LogP) is 5.20. The first kappa shape index (κ1) is 31.3. The minimum Gasteiger partial charge on any atom is -0.496 e. The van der Waals surface area contributed by atoms with E-state index in [0.717, 1.165) is 54.3 Å². The summed E-state index contributed by atoms with van der Waals surface area (Å²) in [4.78, 5) is 11.4. The van der Waals surface area contributed by atoms with Crippen molar-refractivity contribution in [1.29, 1.82) is 0 Å². The predicted molar refractivity (Wildman–Crippen MR) is 163 cm³/mol. The molecule has 226 valence electrons. The quantitative estimate of drug-likeness (QED) is 0.213. The van der Waals surface area contributed by atoms with Gasteiger partial charge in [0.2, 0.25) is 5.91 Å². The summed E-state index contributed by atoms with van der Waals surface area (Å²) in [5.41, 5.74) is 8.67. The first-order chi connectivity index (χ1) is 20.5. The number of primary amides is 1. The third-order valence-electron chi connectivity index (χ3n) is 7.52. The Balaban J connectivity index is 1.19. The van der Waals surface area contributed by atoms with E-state index in [0.29, 0.717) is 39.0 Å². The number of methoxy groups -OCH3 is 1. The number of carbonyl (C=O) groups is 1. The molecule has 4 rings (SSSR count). The number of hydrogen-bond donors (Lipinski definition) is 2. The number of ether oxygens (including phenoxy) is 5. The lowest BCUT2D eigenvalue weighted by molar-refractivity contribution is -0.118. The van der Waals surface area contributed by atoms with E-state index < -0.39 is 0 Å². The second-order valence-electron chi connectivity index (χ2n) is 10.6. The Kier molecular flexibility index (Phi) is 12.5. The smallest absolute Gasteiger partial charge is 0.218 e. The molecule has 0 radical (unpaired) electrons. The van der Waals surface area contributed by atoms with E-state index in [9.17, 15) is 4.79 Å². The van der Waals surface area contributed by atoms with Gasteiger partial charge in [-0.05, 0) is 54.3 Å². The molecule has 3 N–H and O–H groups in total. The van der Waals surface area contributed by atoms with Gasteiger partial charge in [0, 0.05) is 30.9 Å². The van der Waals surface area contributed by atoms with E-state index in [1.807, 2.05) is 67.6 Å². The minimum absolute atomic E-state index is 0.00362. The van der Waals surface area contributed by atoms with E-state index in [-0.39, 0.29) is 24.3 Å². The lowest BCUT2D eigenvalue weighted by Gasteiger charge is -2.32. The van der Waals surface area contributed by atoms with Gasteiger partial charge in [0.05, 0.1) is 39.6 Å². The lowest BCUT2D eigenvalue weighted by Crippen LogP contribution is -2.41. The summed E-state index contributed by atoms with van der Waals surface area (Å²) in [7, 11) is 1.67. The molecule has 42 heavy (non-hydrogen) atoms. The first-order valence-electron chi connectivity index (χ1n) is 14.8. The summed E-state index contributed by atoms with van der Waals surface area (Å²) in [6.07, 6.45) is 2.15. The van der Waals surface area contributed by atoms with Gasteiger partial charge in [-0.25, -0.2) is 0 Å². The van der Waals surface area contributed by atoms with Crippen molar-refractivity contribution < 1.29 is 28.5 Å². The molecular formula is C34H44N2O6. The summed E-state index contributed by atoms with van der Waals surface area (Å²) >= 11 is 0. The summed E-state index contributed by atoms with van der Waals surface area (Å²) in [6.45, 7) is 6.37. The van der Waals surface area contributed by atoms with Crippen LogP contribution in [0.2, 0.25) is 0 Å². The summed E-state index contributed by atoms with van der Waals surface area (Å²) in [5.74, 6) is 2.45. The molecule has 0 aliphatic carbocycles. The molecule has 0 aromatic heterocycles. The monoisotopic (exact) mass is 576 g/mol. The van der Waals surface area contributed by atoms with Crippen LogP contribution in [0.25, 0.3) is 0 Å². The standard InChI is InChI=1S/C34H44N2O6/c1-25(22-34(35)37)29-9-4-6-11-32(29)41-20-21-42-33-23-36-17-16-30(33)26-12-14-28(15-13-26)40-19-7-18-39-24-27-8-3-5-10-31(27)38-2/h3-6,8-15,25,30,33,36H,7,16-24H2,1-2H3,(H2,35,37). The van der Waals surface area contributed by atoms with Crippen molar-refractivity contribution in [2.45, 2.75) is 50.7 Å². The Morgan fingerprint density at radius 3 is 2.48 bits per heavy atom. The zero-order valence-electron chi connectivity index (χ0n) is 24.8. The van der Waals surface area contributed by atoms with Crippen LogP contribution < -0.4 is 25.3 Å². The molecule has 3 aromatic rings. The van der Waals surface area contributed by atoms with Gasteiger partial charge in [0.25, 0.3) is 0 Å². The molecule has 1 heterocycles. The van der Waals surface area contributed by atoms with Crippen molar-refractivity contribution in [3.8, 4) is 17.2 Å². The molecule has 1 saturated heterocycles. The average molecular weight is 577 g/mol. The second kappa shape index (κ2) is 16.8. The fourth-order valence-corrected chi connectivity index (χ4v) is 5.33. The van der Waals surface area contributed by atoms with Gasteiger partial charge in [-0.1, -0.05) is 55.5 Å². The number of benzene rings is 3. The molecule has 1 aliphatic rings. The van der Waals surface area contributed by atoms with Crippen LogP contribution in [0.1, 0.15) is 54.7 Å². The van der Waals surface area contributed by atoms with Gasteiger partial charge in [-0.3, -0.25) is 4.79 Å². The molecule has 3 unspecified atom stereocenters. The van der Waals surface area contributed by atoms with E-state index in [2.05, 4.69) is 17.4 Å². The van der Waals surface area contributed by atoms with Crippen molar-refractivity contribution in [3.05, 3.63) is 89.5 Å².